The number of amides is 1. The van der Waals surface area contributed by atoms with E-state index >= 15 is 0 Å². The number of rotatable bonds is 9. The third kappa shape index (κ3) is 5.02. The molecule has 4 aromatic heterocycles. The zero-order valence-electron chi connectivity index (χ0n) is 20.8. The maximum atomic E-state index is 12.9. The second-order valence-corrected chi connectivity index (χ2v) is 9.49. The van der Waals surface area contributed by atoms with E-state index < -0.39 is 24.5 Å². The van der Waals surface area contributed by atoms with E-state index in [1.165, 1.54) is 23.4 Å². The minimum atomic E-state index is -2.56. The standard InChI is InChI=1S/C25H24F2N8O4/c1-34-10-8-25(37,23(34)36)20-11-18(33-39-20)16-4-2-3-15(29-16)17-7-9-28-24(30-17)31-19-12-35(13-21(26)27)32-22(19)38-14-5-6-14/h2-4,7,9,11-12,14,21,37H,5-6,8,10,13H2,1H3,(H,28,30,31)/t25-/m1/s1. The molecule has 5 heterocycles. The predicted molar refractivity (Wildman–Crippen MR) is 132 cm³/mol. The van der Waals surface area contributed by atoms with Crippen LogP contribution in [0.4, 0.5) is 20.4 Å². The van der Waals surface area contributed by atoms with Gasteiger partial charge in [0.05, 0.1) is 23.3 Å². The number of halogens is 2. The fraction of sp³-hybridized carbons (Fsp3) is 0.360. The Morgan fingerprint density at radius 2 is 1.97 bits per heavy atom. The van der Waals surface area contributed by atoms with Gasteiger partial charge in [0, 0.05) is 32.3 Å². The normalized spacial score (nSPS) is 19.2. The van der Waals surface area contributed by atoms with Gasteiger partial charge in [-0.15, -0.1) is 5.10 Å². The van der Waals surface area contributed by atoms with Crippen LogP contribution in [0.2, 0.25) is 0 Å². The van der Waals surface area contributed by atoms with Gasteiger partial charge >= 0.3 is 0 Å². The molecule has 1 saturated heterocycles. The van der Waals surface area contributed by atoms with Gasteiger partial charge in [0.15, 0.2) is 5.76 Å². The highest BCUT2D eigenvalue weighted by Crippen LogP contribution is 2.35. The van der Waals surface area contributed by atoms with Crippen molar-refractivity contribution in [3.8, 4) is 28.7 Å². The van der Waals surface area contributed by atoms with E-state index in [1.807, 2.05) is 0 Å². The molecule has 0 radical (unpaired) electrons. The largest absolute Gasteiger partial charge is 0.472 e. The molecule has 2 N–H and O–H groups in total. The van der Waals surface area contributed by atoms with E-state index in [0.29, 0.717) is 35.0 Å². The summed E-state index contributed by atoms with van der Waals surface area (Å²) in [6.07, 6.45) is 2.40. The molecule has 6 rings (SSSR count). The zero-order valence-corrected chi connectivity index (χ0v) is 20.8. The van der Waals surface area contributed by atoms with Gasteiger partial charge in [0.25, 0.3) is 18.2 Å². The van der Waals surface area contributed by atoms with Crippen molar-refractivity contribution in [2.75, 3.05) is 18.9 Å². The van der Waals surface area contributed by atoms with Crippen LogP contribution in [0, 0.1) is 0 Å². The minimum Gasteiger partial charge on any atom is -0.472 e. The molecule has 12 nitrogen and oxygen atoms in total. The lowest BCUT2D eigenvalue weighted by Crippen LogP contribution is -2.35. The van der Waals surface area contributed by atoms with Crippen molar-refractivity contribution in [2.24, 2.45) is 0 Å². The number of hydrogen-bond acceptors (Lipinski definition) is 10. The molecule has 1 aliphatic carbocycles. The molecule has 1 amide bonds. The van der Waals surface area contributed by atoms with E-state index in [4.69, 9.17) is 9.26 Å². The maximum absolute atomic E-state index is 12.9. The number of carbonyl (C=O) groups is 1. The molecule has 1 aliphatic heterocycles. The fourth-order valence-electron chi connectivity index (χ4n) is 4.23. The first kappa shape index (κ1) is 24.9. The van der Waals surface area contributed by atoms with Crippen molar-refractivity contribution >= 4 is 17.5 Å². The third-order valence-electron chi connectivity index (χ3n) is 6.46. The Kier molecular flexibility index (Phi) is 6.17. The highest BCUT2D eigenvalue weighted by Gasteiger charge is 2.48. The van der Waals surface area contributed by atoms with Crippen LogP contribution in [0.15, 0.2) is 47.2 Å². The molecule has 0 bridgehead atoms. The molecule has 14 heteroatoms. The van der Waals surface area contributed by atoms with Gasteiger partial charge in [-0.25, -0.2) is 23.7 Å². The van der Waals surface area contributed by atoms with Crippen LogP contribution in [0.5, 0.6) is 5.88 Å². The van der Waals surface area contributed by atoms with E-state index in [2.05, 4.69) is 30.5 Å². The van der Waals surface area contributed by atoms with E-state index in [0.717, 1.165) is 17.5 Å². The molecule has 2 aliphatic rings. The number of alkyl halides is 2. The number of hydrogen-bond donors (Lipinski definition) is 2. The van der Waals surface area contributed by atoms with Crippen LogP contribution in [0.25, 0.3) is 22.8 Å². The number of likely N-dealkylation sites (tertiary alicyclic amines) is 1. The van der Waals surface area contributed by atoms with Gasteiger partial charge in [0.1, 0.15) is 24.0 Å². The average molecular weight is 539 g/mol. The quantitative estimate of drug-likeness (QED) is 0.326. The molecule has 0 unspecified atom stereocenters. The molecule has 1 atom stereocenters. The monoisotopic (exact) mass is 538 g/mol. The summed E-state index contributed by atoms with van der Waals surface area (Å²) in [4.78, 5) is 27.2. The zero-order chi connectivity index (χ0) is 27.1. The van der Waals surface area contributed by atoms with Crippen molar-refractivity contribution in [3.05, 3.63) is 48.5 Å². The Morgan fingerprint density at radius 1 is 1.21 bits per heavy atom. The molecular formula is C25H24F2N8O4. The van der Waals surface area contributed by atoms with Gasteiger partial charge in [-0.3, -0.25) is 9.48 Å². The number of likely N-dealkylation sites (N-methyl/N-ethyl adjacent to an activating group) is 1. The van der Waals surface area contributed by atoms with Crippen molar-refractivity contribution in [1.82, 2.24) is 34.8 Å². The highest BCUT2D eigenvalue weighted by molar-refractivity contribution is 5.87. The summed E-state index contributed by atoms with van der Waals surface area (Å²) < 4.78 is 38.0. The SMILES string of the molecule is CN1CC[C@@](O)(c2cc(-c3cccc(-c4ccnc(Nc5cn(CC(F)F)nc5OC5CC5)n4)n3)no2)C1=O. The lowest BCUT2D eigenvalue weighted by molar-refractivity contribution is -0.144. The van der Waals surface area contributed by atoms with Crippen molar-refractivity contribution in [3.63, 3.8) is 0 Å². The molecule has 4 aromatic rings. The Balaban J connectivity index is 1.24. The van der Waals surface area contributed by atoms with Gasteiger partial charge in [-0.2, -0.15) is 0 Å². The van der Waals surface area contributed by atoms with Crippen LogP contribution in [-0.4, -0.2) is 71.9 Å². The van der Waals surface area contributed by atoms with Crippen LogP contribution >= 0.6 is 0 Å². The molecule has 1 saturated carbocycles. The fourth-order valence-corrected chi connectivity index (χ4v) is 4.23. The van der Waals surface area contributed by atoms with Crippen LogP contribution in [-0.2, 0) is 16.9 Å². The van der Waals surface area contributed by atoms with Crippen molar-refractivity contribution < 1.29 is 27.9 Å². The summed E-state index contributed by atoms with van der Waals surface area (Å²) in [6, 6.07) is 8.41. The average Bonchev–Trinajstić information content (AvgIpc) is 3.34. The second kappa shape index (κ2) is 9.69. The number of carbonyl (C=O) groups excluding carboxylic acids is 1. The van der Waals surface area contributed by atoms with Crippen molar-refractivity contribution in [1.29, 1.82) is 0 Å². The smallest absolute Gasteiger partial charge is 0.262 e. The van der Waals surface area contributed by atoms with Gasteiger partial charge in [-0.1, -0.05) is 11.2 Å². The van der Waals surface area contributed by atoms with Gasteiger partial charge in [-0.05, 0) is 31.0 Å². The summed E-state index contributed by atoms with van der Waals surface area (Å²) in [7, 11) is 1.61. The summed E-state index contributed by atoms with van der Waals surface area (Å²) in [5, 5.41) is 22.0. The van der Waals surface area contributed by atoms with E-state index in [-0.39, 0.29) is 30.1 Å². The Labute approximate surface area is 220 Å². The lowest BCUT2D eigenvalue weighted by atomic mass is 9.98. The van der Waals surface area contributed by atoms with Gasteiger partial charge in [0.2, 0.25) is 11.5 Å². The van der Waals surface area contributed by atoms with Gasteiger partial charge < -0.3 is 24.6 Å². The summed E-state index contributed by atoms with van der Waals surface area (Å²) in [5.74, 6) is 0.0250. The number of aromatic nitrogens is 6. The number of ether oxygens (including phenoxy) is 1. The molecule has 0 spiro atoms. The predicted octanol–water partition coefficient (Wildman–Crippen LogP) is 2.99. The second-order valence-electron chi connectivity index (χ2n) is 9.49. The first-order chi connectivity index (χ1) is 18.8. The third-order valence-corrected chi connectivity index (χ3v) is 6.46. The Bertz CT molecular complexity index is 1520. The maximum Gasteiger partial charge on any atom is 0.262 e. The van der Waals surface area contributed by atoms with E-state index in [9.17, 15) is 18.7 Å². The number of nitrogens with zero attached hydrogens (tertiary/aromatic N) is 7. The Hall–Kier alpha value is -4.46. The lowest BCUT2D eigenvalue weighted by Gasteiger charge is -2.16. The highest BCUT2D eigenvalue weighted by atomic mass is 19.3. The molecule has 2 fully saturated rings. The molecule has 39 heavy (non-hydrogen) atoms. The topological polar surface area (TPSA) is 144 Å². The van der Waals surface area contributed by atoms with Crippen LogP contribution in [0.1, 0.15) is 25.0 Å². The van der Waals surface area contributed by atoms with E-state index in [1.54, 1.807) is 31.3 Å². The van der Waals surface area contributed by atoms with Crippen molar-refractivity contribution in [2.45, 2.75) is 43.9 Å². The summed E-state index contributed by atoms with van der Waals surface area (Å²) in [5.41, 5.74) is 0.404. The minimum absolute atomic E-state index is 0.0186. The van der Waals surface area contributed by atoms with Crippen LogP contribution < -0.4 is 10.1 Å². The molecular weight excluding hydrogens is 514 g/mol. The number of pyridine rings is 1. The first-order valence-corrected chi connectivity index (χ1v) is 12.3. The molecule has 202 valence electrons. The van der Waals surface area contributed by atoms with Crippen LogP contribution in [0.3, 0.4) is 0 Å². The molecule has 0 aromatic carbocycles. The number of nitrogens with one attached hydrogen (secondary N) is 1. The first-order valence-electron chi connectivity index (χ1n) is 12.3. The summed E-state index contributed by atoms with van der Waals surface area (Å²) >= 11 is 0. The number of aliphatic hydroxyl groups is 1. The Morgan fingerprint density at radius 3 is 2.69 bits per heavy atom. The summed E-state index contributed by atoms with van der Waals surface area (Å²) in [6.45, 7) is -0.156. The number of anilines is 2.